The third kappa shape index (κ3) is 5.57. The number of hydrogen-bond donors (Lipinski definition) is 1. The number of anilines is 1. The normalized spacial score (nSPS) is 19.1. The van der Waals surface area contributed by atoms with Crippen molar-refractivity contribution >= 4 is 54.3 Å². The standard InChI is InChI=1S/C25H30ClN5O3S2/c1-30-12-14-31(15-13-30)36(33,34)19-8-6-18(7-9-19)20(16-17-4-2-3-5-17)23(32)29-25-27-21-10-11-22(26)28-24(21)35-25/h6-11,17,20H,2-5,12-16H2,1H3,(H,27,29,32)/t20-/m1/s1. The molecule has 1 N–H and O–H groups in total. The van der Waals surface area contributed by atoms with Gasteiger partial charge in [-0.15, -0.1) is 0 Å². The van der Waals surface area contributed by atoms with Crippen LogP contribution in [0.1, 0.15) is 43.6 Å². The van der Waals surface area contributed by atoms with Gasteiger partial charge in [0.05, 0.1) is 10.8 Å². The van der Waals surface area contributed by atoms with Crippen molar-refractivity contribution in [3.63, 3.8) is 0 Å². The number of fused-ring (bicyclic) bond motifs is 1. The van der Waals surface area contributed by atoms with Crippen LogP contribution in [0.4, 0.5) is 5.13 Å². The molecule has 0 bridgehead atoms. The molecule has 0 radical (unpaired) electrons. The summed E-state index contributed by atoms with van der Waals surface area (Å²) in [6.07, 6.45) is 5.33. The number of likely N-dealkylation sites (N-methyl/N-ethyl adjacent to an activating group) is 1. The Morgan fingerprint density at radius 3 is 2.47 bits per heavy atom. The zero-order chi connectivity index (χ0) is 25.3. The molecule has 11 heteroatoms. The number of hydrogen-bond acceptors (Lipinski definition) is 7. The van der Waals surface area contributed by atoms with Gasteiger partial charge in [-0.1, -0.05) is 60.8 Å². The second-order valence-electron chi connectivity index (χ2n) is 9.68. The van der Waals surface area contributed by atoms with Crippen LogP contribution >= 0.6 is 22.9 Å². The molecule has 1 saturated carbocycles. The molecule has 1 atom stereocenters. The molecule has 1 amide bonds. The Morgan fingerprint density at radius 2 is 1.78 bits per heavy atom. The van der Waals surface area contributed by atoms with Crippen molar-refractivity contribution in [2.75, 3.05) is 38.5 Å². The highest BCUT2D eigenvalue weighted by Crippen LogP contribution is 2.36. The first-order chi connectivity index (χ1) is 17.3. The zero-order valence-corrected chi connectivity index (χ0v) is 22.6. The number of pyridine rings is 1. The van der Waals surface area contributed by atoms with Gasteiger partial charge in [-0.3, -0.25) is 4.79 Å². The maximum atomic E-state index is 13.5. The highest BCUT2D eigenvalue weighted by Gasteiger charge is 2.30. The second-order valence-corrected chi connectivity index (χ2v) is 13.0. The van der Waals surface area contributed by atoms with E-state index in [1.54, 1.807) is 36.4 Å². The number of nitrogens with zero attached hydrogens (tertiary/aromatic N) is 4. The maximum absolute atomic E-state index is 13.5. The molecule has 8 nitrogen and oxygen atoms in total. The summed E-state index contributed by atoms with van der Waals surface area (Å²) in [6.45, 7) is 2.40. The summed E-state index contributed by atoms with van der Waals surface area (Å²) in [5.41, 5.74) is 1.50. The van der Waals surface area contributed by atoms with Gasteiger partial charge in [-0.2, -0.15) is 4.31 Å². The number of benzene rings is 1. The minimum atomic E-state index is -3.56. The first-order valence-corrected chi connectivity index (χ1v) is 15.0. The smallest absolute Gasteiger partial charge is 0.243 e. The largest absolute Gasteiger partial charge is 0.304 e. The van der Waals surface area contributed by atoms with E-state index in [2.05, 4.69) is 20.2 Å². The van der Waals surface area contributed by atoms with Gasteiger partial charge < -0.3 is 10.2 Å². The molecule has 2 aliphatic rings. The summed E-state index contributed by atoms with van der Waals surface area (Å²) in [6, 6.07) is 10.3. The summed E-state index contributed by atoms with van der Waals surface area (Å²) >= 11 is 7.28. The SMILES string of the molecule is CN1CCN(S(=O)(=O)c2ccc([C@@H](CC3CCCC3)C(=O)Nc3nc4ccc(Cl)nc4s3)cc2)CC1. The summed E-state index contributed by atoms with van der Waals surface area (Å²) in [5.74, 6) is -0.0517. The molecule has 2 aromatic heterocycles. The first kappa shape index (κ1) is 25.5. The Morgan fingerprint density at radius 1 is 1.08 bits per heavy atom. The fraction of sp³-hybridized carbons (Fsp3) is 0.480. The van der Waals surface area contributed by atoms with E-state index in [4.69, 9.17) is 11.6 Å². The minimum absolute atomic E-state index is 0.137. The molecule has 3 aromatic rings. The van der Waals surface area contributed by atoms with Crippen LogP contribution in [0.25, 0.3) is 10.3 Å². The third-order valence-corrected chi connectivity index (χ3v) is 10.2. The fourth-order valence-electron chi connectivity index (χ4n) is 5.06. The number of piperazine rings is 1. The molecule has 2 fully saturated rings. The number of rotatable bonds is 7. The quantitative estimate of drug-likeness (QED) is 0.435. The van der Waals surface area contributed by atoms with Gasteiger partial charge in [0.2, 0.25) is 15.9 Å². The molecule has 1 saturated heterocycles. The minimum Gasteiger partial charge on any atom is -0.304 e. The number of amides is 1. The van der Waals surface area contributed by atoms with E-state index in [1.165, 1.54) is 28.5 Å². The van der Waals surface area contributed by atoms with Crippen molar-refractivity contribution in [1.29, 1.82) is 0 Å². The van der Waals surface area contributed by atoms with Crippen molar-refractivity contribution in [2.24, 2.45) is 5.92 Å². The Balaban J connectivity index is 1.37. The van der Waals surface area contributed by atoms with E-state index < -0.39 is 15.9 Å². The average Bonchev–Trinajstić information content (AvgIpc) is 3.52. The lowest BCUT2D eigenvalue weighted by atomic mass is 9.87. The number of nitrogens with one attached hydrogen (secondary N) is 1. The van der Waals surface area contributed by atoms with E-state index >= 15 is 0 Å². The van der Waals surface area contributed by atoms with Crippen LogP contribution in [0.5, 0.6) is 0 Å². The lowest BCUT2D eigenvalue weighted by Gasteiger charge is -2.31. The van der Waals surface area contributed by atoms with Gasteiger partial charge in [0.1, 0.15) is 15.5 Å². The molecule has 1 aliphatic heterocycles. The molecule has 1 aromatic carbocycles. The summed E-state index contributed by atoms with van der Waals surface area (Å²) in [5, 5.41) is 3.84. The summed E-state index contributed by atoms with van der Waals surface area (Å²) < 4.78 is 27.8. The van der Waals surface area contributed by atoms with Crippen molar-refractivity contribution in [3.8, 4) is 0 Å². The molecule has 192 valence electrons. The lowest BCUT2D eigenvalue weighted by molar-refractivity contribution is -0.118. The monoisotopic (exact) mass is 547 g/mol. The zero-order valence-electron chi connectivity index (χ0n) is 20.2. The summed E-state index contributed by atoms with van der Waals surface area (Å²) in [7, 11) is -1.56. The predicted molar refractivity (Wildman–Crippen MR) is 143 cm³/mol. The second kappa shape index (κ2) is 10.7. The van der Waals surface area contributed by atoms with Crippen LogP contribution in [-0.2, 0) is 14.8 Å². The number of carbonyl (C=O) groups excluding carboxylic acids is 1. The van der Waals surface area contributed by atoms with Gasteiger partial charge in [-0.05, 0) is 49.2 Å². The first-order valence-electron chi connectivity index (χ1n) is 12.3. The van der Waals surface area contributed by atoms with Crippen LogP contribution in [0.2, 0.25) is 5.15 Å². The predicted octanol–water partition coefficient (Wildman–Crippen LogP) is 4.58. The lowest BCUT2D eigenvalue weighted by Crippen LogP contribution is -2.47. The Hall–Kier alpha value is -2.11. The van der Waals surface area contributed by atoms with Crippen molar-refractivity contribution in [2.45, 2.75) is 42.9 Å². The average molecular weight is 548 g/mol. The van der Waals surface area contributed by atoms with Crippen molar-refractivity contribution in [1.82, 2.24) is 19.2 Å². The van der Waals surface area contributed by atoms with Gasteiger partial charge in [-0.25, -0.2) is 18.4 Å². The van der Waals surface area contributed by atoms with E-state index in [-0.39, 0.29) is 10.8 Å². The highest BCUT2D eigenvalue weighted by molar-refractivity contribution is 7.89. The molecule has 1 aliphatic carbocycles. The van der Waals surface area contributed by atoms with E-state index in [1.807, 2.05) is 7.05 Å². The number of carbonyl (C=O) groups is 1. The molecule has 5 rings (SSSR count). The molecule has 0 spiro atoms. The third-order valence-electron chi connectivity index (χ3n) is 7.19. The number of aromatic nitrogens is 2. The van der Waals surface area contributed by atoms with Crippen LogP contribution in [-0.4, -0.2) is 66.7 Å². The van der Waals surface area contributed by atoms with Gasteiger partial charge >= 0.3 is 0 Å². The fourth-order valence-corrected chi connectivity index (χ4v) is 7.52. The van der Waals surface area contributed by atoms with E-state index in [9.17, 15) is 13.2 Å². The van der Waals surface area contributed by atoms with Crippen LogP contribution in [0.15, 0.2) is 41.3 Å². The molecular formula is C25H30ClN5O3S2. The Kier molecular flexibility index (Phi) is 7.60. The maximum Gasteiger partial charge on any atom is 0.243 e. The number of sulfonamides is 1. The highest BCUT2D eigenvalue weighted by atomic mass is 35.5. The molecule has 3 heterocycles. The Bertz CT molecular complexity index is 1330. The van der Waals surface area contributed by atoms with Gasteiger partial charge in [0.25, 0.3) is 0 Å². The topological polar surface area (TPSA) is 95.5 Å². The summed E-state index contributed by atoms with van der Waals surface area (Å²) in [4.78, 5) is 25.3. The molecular weight excluding hydrogens is 518 g/mol. The van der Waals surface area contributed by atoms with Gasteiger partial charge in [0.15, 0.2) is 5.13 Å². The van der Waals surface area contributed by atoms with E-state index in [0.717, 1.165) is 24.8 Å². The van der Waals surface area contributed by atoms with Crippen molar-refractivity contribution in [3.05, 3.63) is 47.1 Å². The number of halogens is 1. The van der Waals surface area contributed by atoms with Crippen molar-refractivity contribution < 1.29 is 13.2 Å². The Labute approximate surface area is 220 Å². The van der Waals surface area contributed by atoms with Crippen LogP contribution in [0.3, 0.4) is 0 Å². The molecule has 36 heavy (non-hydrogen) atoms. The van der Waals surface area contributed by atoms with Crippen LogP contribution in [0, 0.1) is 5.92 Å². The molecule has 0 unspecified atom stereocenters. The van der Waals surface area contributed by atoms with Crippen LogP contribution < -0.4 is 5.32 Å². The van der Waals surface area contributed by atoms with E-state index in [0.29, 0.717) is 52.7 Å². The van der Waals surface area contributed by atoms with Gasteiger partial charge in [0, 0.05) is 26.2 Å². The number of thiazole rings is 1.